The standard InChI is InChI=1S/C21H27NO2/c1-22(2)20-12-4-3-8-16(20)14-17-9-5-6-13-21(17,24)18-10-7-11-19(23)15-18/h3-4,7-8,10-12,15,17,23-24H,5-6,9,13-14H2,1-2H3. The van der Waals surface area contributed by atoms with Crippen molar-refractivity contribution in [2.24, 2.45) is 5.92 Å². The fourth-order valence-corrected chi connectivity index (χ4v) is 4.04. The van der Waals surface area contributed by atoms with Crippen LogP contribution >= 0.6 is 0 Å². The molecule has 3 nitrogen and oxygen atoms in total. The van der Waals surface area contributed by atoms with Gasteiger partial charge >= 0.3 is 0 Å². The molecule has 0 saturated heterocycles. The highest BCUT2D eigenvalue weighted by molar-refractivity contribution is 5.52. The Morgan fingerprint density at radius 1 is 1.08 bits per heavy atom. The first-order valence-corrected chi connectivity index (χ1v) is 8.78. The molecule has 0 radical (unpaired) electrons. The molecule has 128 valence electrons. The van der Waals surface area contributed by atoms with Crippen molar-refractivity contribution in [2.45, 2.75) is 37.7 Å². The third-order valence-electron chi connectivity index (χ3n) is 5.32. The molecule has 2 aromatic rings. The summed E-state index contributed by atoms with van der Waals surface area (Å²) in [4.78, 5) is 2.13. The van der Waals surface area contributed by atoms with E-state index in [1.165, 1.54) is 11.3 Å². The first-order chi connectivity index (χ1) is 11.5. The summed E-state index contributed by atoms with van der Waals surface area (Å²) in [6.45, 7) is 0. The molecule has 2 atom stereocenters. The van der Waals surface area contributed by atoms with Crippen molar-refractivity contribution in [1.82, 2.24) is 0 Å². The van der Waals surface area contributed by atoms with Crippen LogP contribution in [0.2, 0.25) is 0 Å². The zero-order chi connectivity index (χ0) is 17.2. The van der Waals surface area contributed by atoms with Crippen molar-refractivity contribution in [1.29, 1.82) is 0 Å². The van der Waals surface area contributed by atoms with Crippen molar-refractivity contribution in [3.63, 3.8) is 0 Å². The fourth-order valence-electron chi connectivity index (χ4n) is 4.04. The highest BCUT2D eigenvalue weighted by Gasteiger charge is 2.40. The summed E-state index contributed by atoms with van der Waals surface area (Å²) in [6.07, 6.45) is 4.79. The molecule has 2 unspecified atom stereocenters. The predicted molar refractivity (Wildman–Crippen MR) is 98.4 cm³/mol. The van der Waals surface area contributed by atoms with Crippen LogP contribution in [0, 0.1) is 5.92 Å². The number of phenols is 1. The van der Waals surface area contributed by atoms with Crippen molar-refractivity contribution >= 4 is 5.69 Å². The van der Waals surface area contributed by atoms with Gasteiger partial charge in [0.1, 0.15) is 5.75 Å². The Labute approximate surface area is 144 Å². The summed E-state index contributed by atoms with van der Waals surface area (Å²) in [6, 6.07) is 15.6. The number of aromatic hydroxyl groups is 1. The van der Waals surface area contributed by atoms with E-state index >= 15 is 0 Å². The number of hydrogen-bond donors (Lipinski definition) is 2. The first kappa shape index (κ1) is 16.8. The van der Waals surface area contributed by atoms with Gasteiger partial charge in [0.15, 0.2) is 0 Å². The summed E-state index contributed by atoms with van der Waals surface area (Å²) in [5.74, 6) is 0.382. The van der Waals surface area contributed by atoms with Gasteiger partial charge in [-0.15, -0.1) is 0 Å². The number of rotatable bonds is 4. The lowest BCUT2D eigenvalue weighted by Crippen LogP contribution is -2.39. The second-order valence-electron chi connectivity index (χ2n) is 7.14. The topological polar surface area (TPSA) is 43.7 Å². The van der Waals surface area contributed by atoms with E-state index in [0.717, 1.165) is 37.7 Å². The van der Waals surface area contributed by atoms with E-state index in [1.54, 1.807) is 12.1 Å². The van der Waals surface area contributed by atoms with Gasteiger partial charge in [-0.1, -0.05) is 43.2 Å². The maximum atomic E-state index is 11.5. The van der Waals surface area contributed by atoms with E-state index in [1.807, 2.05) is 12.1 Å². The quantitative estimate of drug-likeness (QED) is 0.890. The van der Waals surface area contributed by atoms with Crippen LogP contribution in [0.1, 0.15) is 36.8 Å². The molecule has 0 amide bonds. The first-order valence-electron chi connectivity index (χ1n) is 8.78. The molecule has 0 aromatic heterocycles. The third-order valence-corrected chi connectivity index (χ3v) is 5.32. The molecule has 1 aliphatic rings. The molecule has 3 rings (SSSR count). The van der Waals surface area contributed by atoms with Crippen LogP contribution in [-0.2, 0) is 12.0 Å². The molecule has 2 aromatic carbocycles. The minimum absolute atomic E-state index is 0.161. The van der Waals surface area contributed by atoms with Gasteiger partial charge in [-0.3, -0.25) is 0 Å². The zero-order valence-corrected chi connectivity index (χ0v) is 14.6. The number of benzene rings is 2. The van der Waals surface area contributed by atoms with Gasteiger partial charge in [0.05, 0.1) is 5.60 Å². The van der Waals surface area contributed by atoms with Crippen LogP contribution in [-0.4, -0.2) is 24.3 Å². The summed E-state index contributed by atoms with van der Waals surface area (Å²) >= 11 is 0. The summed E-state index contributed by atoms with van der Waals surface area (Å²) < 4.78 is 0. The molecule has 1 fully saturated rings. The van der Waals surface area contributed by atoms with E-state index in [-0.39, 0.29) is 11.7 Å². The largest absolute Gasteiger partial charge is 0.508 e. The van der Waals surface area contributed by atoms with Crippen molar-refractivity contribution in [3.05, 3.63) is 59.7 Å². The number of anilines is 1. The third kappa shape index (κ3) is 3.27. The molecule has 0 bridgehead atoms. The lowest BCUT2D eigenvalue weighted by atomic mass is 9.69. The number of hydrogen-bond acceptors (Lipinski definition) is 3. The Morgan fingerprint density at radius 3 is 2.62 bits per heavy atom. The van der Waals surface area contributed by atoms with E-state index in [9.17, 15) is 10.2 Å². The highest BCUT2D eigenvalue weighted by Crippen LogP contribution is 2.44. The van der Waals surface area contributed by atoms with Crippen LogP contribution in [0.15, 0.2) is 48.5 Å². The highest BCUT2D eigenvalue weighted by atomic mass is 16.3. The van der Waals surface area contributed by atoms with Crippen molar-refractivity contribution in [2.75, 3.05) is 19.0 Å². The van der Waals surface area contributed by atoms with Crippen molar-refractivity contribution < 1.29 is 10.2 Å². The van der Waals surface area contributed by atoms with Gasteiger partial charge in [0.2, 0.25) is 0 Å². The second-order valence-corrected chi connectivity index (χ2v) is 7.14. The van der Waals surface area contributed by atoms with E-state index in [4.69, 9.17) is 0 Å². The van der Waals surface area contributed by atoms with E-state index in [2.05, 4.69) is 43.3 Å². The summed E-state index contributed by atoms with van der Waals surface area (Å²) in [5, 5.41) is 21.3. The maximum Gasteiger partial charge on any atom is 0.115 e. The average molecular weight is 325 g/mol. The van der Waals surface area contributed by atoms with Crippen molar-refractivity contribution in [3.8, 4) is 5.75 Å². The minimum atomic E-state index is -0.865. The molecular formula is C21H27NO2. The molecule has 1 saturated carbocycles. The minimum Gasteiger partial charge on any atom is -0.508 e. The van der Waals surface area contributed by atoms with Gasteiger partial charge < -0.3 is 15.1 Å². The van der Waals surface area contributed by atoms with Gasteiger partial charge in [0.25, 0.3) is 0 Å². The number of phenolic OH excluding ortho intramolecular Hbond substituents is 1. The molecule has 3 heteroatoms. The van der Waals surface area contributed by atoms with Crippen LogP contribution in [0.25, 0.3) is 0 Å². The smallest absolute Gasteiger partial charge is 0.115 e. The number of nitrogens with zero attached hydrogens (tertiary/aromatic N) is 1. The van der Waals surface area contributed by atoms with Crippen LogP contribution < -0.4 is 4.90 Å². The van der Waals surface area contributed by atoms with Gasteiger partial charge in [0, 0.05) is 19.8 Å². The molecule has 2 N–H and O–H groups in total. The van der Waals surface area contributed by atoms with Crippen LogP contribution in [0.5, 0.6) is 5.75 Å². The maximum absolute atomic E-state index is 11.5. The molecule has 0 aliphatic heterocycles. The Hall–Kier alpha value is -2.00. The van der Waals surface area contributed by atoms with E-state index in [0.29, 0.717) is 0 Å². The lowest BCUT2D eigenvalue weighted by molar-refractivity contribution is -0.0543. The molecule has 0 spiro atoms. The van der Waals surface area contributed by atoms with Crippen LogP contribution in [0.3, 0.4) is 0 Å². The van der Waals surface area contributed by atoms with E-state index < -0.39 is 5.60 Å². The Kier molecular flexibility index (Phi) is 4.81. The number of aliphatic hydroxyl groups is 1. The molecule has 1 aliphatic carbocycles. The Balaban J connectivity index is 1.93. The van der Waals surface area contributed by atoms with Gasteiger partial charge in [-0.2, -0.15) is 0 Å². The Bertz CT molecular complexity index is 698. The van der Waals surface area contributed by atoms with Gasteiger partial charge in [-0.05, 0) is 54.5 Å². The zero-order valence-electron chi connectivity index (χ0n) is 14.6. The Morgan fingerprint density at radius 2 is 1.88 bits per heavy atom. The van der Waals surface area contributed by atoms with Crippen LogP contribution in [0.4, 0.5) is 5.69 Å². The second kappa shape index (κ2) is 6.86. The molecule has 24 heavy (non-hydrogen) atoms. The fraction of sp³-hybridized carbons (Fsp3) is 0.429. The summed E-state index contributed by atoms with van der Waals surface area (Å²) in [5.41, 5.74) is 2.46. The predicted octanol–water partition coefficient (Wildman–Crippen LogP) is 4.08. The molecular weight excluding hydrogens is 298 g/mol. The lowest BCUT2D eigenvalue weighted by Gasteiger charge is -2.41. The monoisotopic (exact) mass is 325 g/mol. The molecule has 0 heterocycles. The normalized spacial score (nSPS) is 23.9. The summed E-state index contributed by atoms with van der Waals surface area (Å²) in [7, 11) is 4.11. The van der Waals surface area contributed by atoms with Gasteiger partial charge in [-0.25, -0.2) is 0 Å². The SMILES string of the molecule is CN(C)c1ccccc1CC1CCCCC1(O)c1cccc(O)c1. The number of para-hydroxylation sites is 1. The average Bonchev–Trinajstić information content (AvgIpc) is 2.57.